The van der Waals surface area contributed by atoms with Crippen LogP contribution < -0.4 is 5.73 Å². The minimum atomic E-state index is -0.567. The Kier molecular flexibility index (Phi) is 3.84. The van der Waals surface area contributed by atoms with Crippen LogP contribution in [0.4, 0.5) is 5.82 Å². The zero-order chi connectivity index (χ0) is 12.3. The first kappa shape index (κ1) is 12.4. The van der Waals surface area contributed by atoms with Crippen LogP contribution in [-0.2, 0) is 4.74 Å². The maximum Gasteiger partial charge on any atom is 0.341 e. The molecular formula is C10H12ClN3O2. The molecule has 0 saturated heterocycles. The summed E-state index contributed by atoms with van der Waals surface area (Å²) in [6.45, 7) is 3.46. The number of esters is 1. The maximum absolute atomic E-state index is 11.5. The fourth-order valence-electron chi connectivity index (χ4n) is 1.21. The van der Waals surface area contributed by atoms with E-state index in [0.29, 0.717) is 0 Å². The molecule has 0 aliphatic heterocycles. The summed E-state index contributed by atoms with van der Waals surface area (Å²) < 4.78 is 4.81. The Morgan fingerprint density at radius 3 is 2.81 bits per heavy atom. The third-order valence-corrected chi connectivity index (χ3v) is 2.31. The predicted molar refractivity (Wildman–Crippen MR) is 62.1 cm³/mol. The van der Waals surface area contributed by atoms with Crippen LogP contribution in [0.2, 0.25) is 5.02 Å². The largest absolute Gasteiger partial charge is 0.462 e. The first-order valence-corrected chi connectivity index (χ1v) is 5.03. The third-order valence-electron chi connectivity index (χ3n) is 1.92. The molecule has 16 heavy (non-hydrogen) atoms. The van der Waals surface area contributed by atoms with Crippen molar-refractivity contribution in [1.29, 1.82) is 5.41 Å². The lowest BCUT2D eigenvalue weighted by atomic mass is 10.1. The zero-order valence-electron chi connectivity index (χ0n) is 9.00. The van der Waals surface area contributed by atoms with Crippen LogP contribution in [0, 0.1) is 5.41 Å². The molecule has 5 nitrogen and oxygen atoms in total. The average molecular weight is 242 g/mol. The zero-order valence-corrected chi connectivity index (χ0v) is 9.76. The molecule has 1 aromatic heterocycles. The lowest BCUT2D eigenvalue weighted by molar-refractivity contribution is 0.0526. The standard InChI is InChI=1S/C10H12ClN3O2/c1-3-16-10(15)6-4-14-9(13)7(5(2)12)8(6)11/h4,12H,3H2,1-2H3,(H2,13,14). The Hall–Kier alpha value is -1.62. The van der Waals surface area contributed by atoms with E-state index in [2.05, 4.69) is 4.98 Å². The van der Waals surface area contributed by atoms with E-state index < -0.39 is 5.97 Å². The smallest absolute Gasteiger partial charge is 0.341 e. The first-order valence-electron chi connectivity index (χ1n) is 4.65. The molecule has 0 aliphatic carbocycles. The molecule has 0 bridgehead atoms. The van der Waals surface area contributed by atoms with Gasteiger partial charge in [-0.05, 0) is 13.8 Å². The molecule has 0 unspecified atom stereocenters. The van der Waals surface area contributed by atoms with Gasteiger partial charge in [-0.25, -0.2) is 9.78 Å². The Bertz CT molecular complexity index is 446. The van der Waals surface area contributed by atoms with Gasteiger partial charge in [0.15, 0.2) is 0 Å². The maximum atomic E-state index is 11.5. The number of nitrogens with zero attached hydrogens (tertiary/aromatic N) is 1. The summed E-state index contributed by atoms with van der Waals surface area (Å²) in [6.07, 6.45) is 1.25. The second-order valence-electron chi connectivity index (χ2n) is 3.09. The lowest BCUT2D eigenvalue weighted by Gasteiger charge is -2.09. The summed E-state index contributed by atoms with van der Waals surface area (Å²) in [5, 5.41) is 7.61. The normalized spacial score (nSPS) is 9.94. The Labute approximate surface area is 98.1 Å². The number of carbonyl (C=O) groups is 1. The number of rotatable bonds is 3. The minimum Gasteiger partial charge on any atom is -0.462 e. The second kappa shape index (κ2) is 4.94. The van der Waals surface area contributed by atoms with Gasteiger partial charge in [-0.2, -0.15) is 0 Å². The number of carbonyl (C=O) groups excluding carboxylic acids is 1. The van der Waals surface area contributed by atoms with E-state index in [1.807, 2.05) is 0 Å². The number of aromatic nitrogens is 1. The Balaban J connectivity index is 3.29. The fourth-order valence-corrected chi connectivity index (χ4v) is 1.57. The van der Waals surface area contributed by atoms with Crippen LogP contribution in [0.25, 0.3) is 0 Å². The van der Waals surface area contributed by atoms with Crippen LogP contribution in [0.3, 0.4) is 0 Å². The van der Waals surface area contributed by atoms with E-state index in [4.69, 9.17) is 27.5 Å². The molecule has 0 saturated carbocycles. The molecule has 0 aliphatic rings. The summed E-state index contributed by atoms with van der Waals surface area (Å²) >= 11 is 5.98. The van der Waals surface area contributed by atoms with Gasteiger partial charge in [0.05, 0.1) is 22.8 Å². The van der Waals surface area contributed by atoms with Crippen LogP contribution in [0.1, 0.15) is 29.8 Å². The third kappa shape index (κ3) is 2.30. The molecule has 0 fully saturated rings. The van der Waals surface area contributed by atoms with Gasteiger partial charge in [0.2, 0.25) is 0 Å². The van der Waals surface area contributed by atoms with Gasteiger partial charge in [-0.15, -0.1) is 0 Å². The summed E-state index contributed by atoms with van der Waals surface area (Å²) in [5.74, 6) is -0.437. The van der Waals surface area contributed by atoms with Crippen molar-refractivity contribution >= 4 is 29.1 Å². The van der Waals surface area contributed by atoms with Crippen LogP contribution in [0.15, 0.2) is 6.20 Å². The first-order chi connectivity index (χ1) is 7.49. The number of nitrogens with one attached hydrogen (secondary N) is 1. The summed E-state index contributed by atoms with van der Waals surface area (Å²) in [7, 11) is 0. The van der Waals surface area contributed by atoms with Gasteiger partial charge < -0.3 is 15.9 Å². The molecule has 0 radical (unpaired) electrons. The highest BCUT2D eigenvalue weighted by Crippen LogP contribution is 2.25. The molecule has 6 heteroatoms. The van der Waals surface area contributed by atoms with Crippen molar-refractivity contribution in [2.24, 2.45) is 0 Å². The van der Waals surface area contributed by atoms with Crippen molar-refractivity contribution in [3.05, 3.63) is 22.3 Å². The molecule has 1 heterocycles. The van der Waals surface area contributed by atoms with Crippen molar-refractivity contribution in [3.63, 3.8) is 0 Å². The highest BCUT2D eigenvalue weighted by molar-refractivity contribution is 6.37. The number of anilines is 1. The topological polar surface area (TPSA) is 89.1 Å². The predicted octanol–water partition coefficient (Wildman–Crippen LogP) is 1.88. The molecule has 86 valence electrons. The van der Waals surface area contributed by atoms with E-state index >= 15 is 0 Å². The van der Waals surface area contributed by atoms with Gasteiger partial charge >= 0.3 is 5.97 Å². The van der Waals surface area contributed by atoms with Gasteiger partial charge in [0.1, 0.15) is 5.82 Å². The van der Waals surface area contributed by atoms with Crippen LogP contribution >= 0.6 is 11.6 Å². The number of nitrogens with two attached hydrogens (primary N) is 1. The molecule has 0 amide bonds. The number of hydrogen-bond donors (Lipinski definition) is 2. The number of ether oxygens (including phenoxy) is 1. The number of halogens is 1. The van der Waals surface area contributed by atoms with Crippen molar-refractivity contribution in [1.82, 2.24) is 4.98 Å². The molecular weight excluding hydrogens is 230 g/mol. The lowest BCUT2D eigenvalue weighted by Crippen LogP contribution is -2.11. The van der Waals surface area contributed by atoms with E-state index in [-0.39, 0.29) is 34.3 Å². The highest BCUT2D eigenvalue weighted by atomic mass is 35.5. The quantitative estimate of drug-likeness (QED) is 0.625. The van der Waals surface area contributed by atoms with Crippen molar-refractivity contribution in [2.45, 2.75) is 13.8 Å². The summed E-state index contributed by atoms with van der Waals surface area (Å²) in [4.78, 5) is 15.3. The van der Waals surface area contributed by atoms with E-state index in [1.165, 1.54) is 13.1 Å². The monoisotopic (exact) mass is 241 g/mol. The number of hydrogen-bond acceptors (Lipinski definition) is 5. The summed E-state index contributed by atoms with van der Waals surface area (Å²) in [6, 6.07) is 0. The Morgan fingerprint density at radius 2 is 2.31 bits per heavy atom. The molecule has 0 aromatic carbocycles. The minimum absolute atomic E-state index is 0.110. The number of nitrogen functional groups attached to an aromatic ring is 1. The van der Waals surface area contributed by atoms with Crippen molar-refractivity contribution in [3.8, 4) is 0 Å². The van der Waals surface area contributed by atoms with Crippen molar-refractivity contribution in [2.75, 3.05) is 12.3 Å². The van der Waals surface area contributed by atoms with Gasteiger partial charge in [-0.1, -0.05) is 11.6 Å². The van der Waals surface area contributed by atoms with Gasteiger partial charge in [0, 0.05) is 11.9 Å². The van der Waals surface area contributed by atoms with Crippen LogP contribution in [0.5, 0.6) is 0 Å². The average Bonchev–Trinajstić information content (AvgIpc) is 2.17. The van der Waals surface area contributed by atoms with Gasteiger partial charge in [0.25, 0.3) is 0 Å². The molecule has 3 N–H and O–H groups in total. The van der Waals surface area contributed by atoms with E-state index in [9.17, 15) is 4.79 Å². The van der Waals surface area contributed by atoms with Crippen molar-refractivity contribution < 1.29 is 9.53 Å². The number of pyridine rings is 1. The van der Waals surface area contributed by atoms with Gasteiger partial charge in [-0.3, -0.25) is 0 Å². The Morgan fingerprint density at radius 1 is 1.69 bits per heavy atom. The molecule has 1 rings (SSSR count). The molecule has 0 atom stereocenters. The summed E-state index contributed by atoms with van der Waals surface area (Å²) in [5.41, 5.74) is 6.13. The van der Waals surface area contributed by atoms with E-state index in [1.54, 1.807) is 6.92 Å². The molecule has 0 spiro atoms. The van der Waals surface area contributed by atoms with Crippen LogP contribution in [-0.4, -0.2) is 23.3 Å². The van der Waals surface area contributed by atoms with E-state index in [0.717, 1.165) is 0 Å². The molecule has 1 aromatic rings. The SMILES string of the molecule is CCOC(=O)c1cnc(N)c(C(C)=N)c1Cl. The fraction of sp³-hybridized carbons (Fsp3) is 0.300. The highest BCUT2D eigenvalue weighted by Gasteiger charge is 2.18. The second-order valence-corrected chi connectivity index (χ2v) is 3.47.